The number of aryl methyl sites for hydroxylation is 1. The van der Waals surface area contributed by atoms with Crippen LogP contribution in [0.1, 0.15) is 62.0 Å². The van der Waals surface area contributed by atoms with Gasteiger partial charge in [0.15, 0.2) is 5.78 Å². The molecule has 1 unspecified atom stereocenters. The maximum atomic E-state index is 12.7. The van der Waals surface area contributed by atoms with E-state index >= 15 is 0 Å². The molecule has 1 atom stereocenters. The summed E-state index contributed by atoms with van der Waals surface area (Å²) >= 11 is 0. The summed E-state index contributed by atoms with van der Waals surface area (Å²) in [5, 5.41) is 3.31. The van der Waals surface area contributed by atoms with Crippen molar-refractivity contribution in [3.63, 3.8) is 0 Å². The first-order chi connectivity index (χ1) is 8.88. The van der Waals surface area contributed by atoms with E-state index in [9.17, 15) is 4.79 Å². The van der Waals surface area contributed by atoms with Crippen LogP contribution in [0.3, 0.4) is 0 Å². The molecule has 106 valence electrons. The normalized spacial score (nSPS) is 13.1. The molecule has 0 saturated heterocycles. The molecule has 0 heterocycles. The van der Waals surface area contributed by atoms with Gasteiger partial charge >= 0.3 is 0 Å². The maximum Gasteiger partial charge on any atom is 0.180 e. The van der Waals surface area contributed by atoms with Crippen molar-refractivity contribution in [3.8, 4) is 0 Å². The Labute approximate surface area is 117 Å². The summed E-state index contributed by atoms with van der Waals surface area (Å²) in [6, 6.07) is 6.15. The highest BCUT2D eigenvalue weighted by molar-refractivity contribution is 6.01. The standard InChI is InChI=1S/C17H27NO/c1-7-18-16(12(4)5)17(19)15-10-14(11(2)3)9-8-13(15)6/h8-12,16,18H,7H2,1-6H3. The predicted molar refractivity (Wildman–Crippen MR) is 81.9 cm³/mol. The van der Waals surface area contributed by atoms with Gasteiger partial charge in [-0.1, -0.05) is 46.8 Å². The van der Waals surface area contributed by atoms with Gasteiger partial charge in [0.05, 0.1) is 6.04 Å². The third kappa shape index (κ3) is 3.90. The molecule has 0 aliphatic carbocycles. The average molecular weight is 261 g/mol. The van der Waals surface area contributed by atoms with E-state index in [1.54, 1.807) is 0 Å². The average Bonchev–Trinajstić information content (AvgIpc) is 2.35. The molecule has 1 N–H and O–H groups in total. The molecule has 0 aliphatic heterocycles. The fourth-order valence-electron chi connectivity index (χ4n) is 2.28. The first-order valence-corrected chi connectivity index (χ1v) is 7.26. The van der Waals surface area contributed by atoms with Crippen LogP contribution in [0.5, 0.6) is 0 Å². The third-order valence-electron chi connectivity index (χ3n) is 3.57. The van der Waals surface area contributed by atoms with Crippen LogP contribution in [0.15, 0.2) is 18.2 Å². The van der Waals surface area contributed by atoms with Crippen LogP contribution in [0.25, 0.3) is 0 Å². The molecule has 1 rings (SSSR count). The van der Waals surface area contributed by atoms with Gasteiger partial charge in [-0.2, -0.15) is 0 Å². The van der Waals surface area contributed by atoms with Gasteiger partial charge in [-0.05, 0) is 42.5 Å². The number of nitrogens with one attached hydrogen (secondary N) is 1. The molecule has 2 heteroatoms. The Morgan fingerprint density at radius 3 is 2.32 bits per heavy atom. The second kappa shape index (κ2) is 6.85. The van der Waals surface area contributed by atoms with Crippen LogP contribution >= 0.6 is 0 Å². The molecule has 19 heavy (non-hydrogen) atoms. The predicted octanol–water partition coefficient (Wildman–Crippen LogP) is 3.94. The van der Waals surface area contributed by atoms with Crippen molar-refractivity contribution in [1.82, 2.24) is 5.32 Å². The Bertz CT molecular complexity index is 435. The van der Waals surface area contributed by atoms with E-state index in [4.69, 9.17) is 0 Å². The quantitative estimate of drug-likeness (QED) is 0.786. The summed E-state index contributed by atoms with van der Waals surface area (Å²) in [5.74, 6) is 0.968. The number of ketones is 1. The molecule has 0 amide bonds. The Morgan fingerprint density at radius 2 is 1.84 bits per heavy atom. The topological polar surface area (TPSA) is 29.1 Å². The van der Waals surface area contributed by atoms with Gasteiger partial charge in [0.2, 0.25) is 0 Å². The van der Waals surface area contributed by atoms with E-state index in [2.05, 4.69) is 51.2 Å². The highest BCUT2D eigenvalue weighted by atomic mass is 16.1. The number of likely N-dealkylation sites (N-methyl/N-ethyl adjacent to an activating group) is 1. The van der Waals surface area contributed by atoms with Crippen LogP contribution in [0.2, 0.25) is 0 Å². The monoisotopic (exact) mass is 261 g/mol. The number of carbonyl (C=O) groups is 1. The lowest BCUT2D eigenvalue weighted by Gasteiger charge is -2.22. The zero-order valence-corrected chi connectivity index (χ0v) is 13.1. The number of hydrogen-bond acceptors (Lipinski definition) is 2. The van der Waals surface area contributed by atoms with Gasteiger partial charge in [0.25, 0.3) is 0 Å². The van der Waals surface area contributed by atoms with E-state index in [1.165, 1.54) is 5.56 Å². The summed E-state index contributed by atoms with van der Waals surface area (Å²) in [7, 11) is 0. The van der Waals surface area contributed by atoms with E-state index in [0.717, 1.165) is 17.7 Å². The second-order valence-electron chi connectivity index (χ2n) is 5.87. The molecule has 1 aromatic carbocycles. The molecule has 0 aliphatic rings. The molecular formula is C17H27NO. The fourth-order valence-corrected chi connectivity index (χ4v) is 2.28. The molecule has 0 spiro atoms. The summed E-state index contributed by atoms with van der Waals surface area (Å²) < 4.78 is 0. The van der Waals surface area contributed by atoms with Crippen molar-refractivity contribution >= 4 is 5.78 Å². The molecule has 0 fully saturated rings. The Kier molecular flexibility index (Phi) is 5.74. The van der Waals surface area contributed by atoms with Crippen molar-refractivity contribution < 1.29 is 4.79 Å². The highest BCUT2D eigenvalue weighted by Crippen LogP contribution is 2.21. The van der Waals surface area contributed by atoms with Crippen LogP contribution in [0, 0.1) is 12.8 Å². The van der Waals surface area contributed by atoms with E-state index in [-0.39, 0.29) is 11.8 Å². The summed E-state index contributed by atoms with van der Waals surface area (Å²) in [6.07, 6.45) is 0. The van der Waals surface area contributed by atoms with E-state index in [0.29, 0.717) is 11.8 Å². The third-order valence-corrected chi connectivity index (χ3v) is 3.57. The van der Waals surface area contributed by atoms with Gasteiger partial charge < -0.3 is 5.32 Å². The fraction of sp³-hybridized carbons (Fsp3) is 0.588. The summed E-state index contributed by atoms with van der Waals surface area (Å²) in [6.45, 7) is 13.4. The lowest BCUT2D eigenvalue weighted by Crippen LogP contribution is -2.41. The minimum absolute atomic E-state index is 0.0916. The Hall–Kier alpha value is -1.15. The first kappa shape index (κ1) is 15.9. The smallest absolute Gasteiger partial charge is 0.180 e. The Morgan fingerprint density at radius 1 is 1.21 bits per heavy atom. The molecule has 2 nitrogen and oxygen atoms in total. The highest BCUT2D eigenvalue weighted by Gasteiger charge is 2.23. The van der Waals surface area contributed by atoms with Crippen molar-refractivity contribution in [1.29, 1.82) is 0 Å². The number of rotatable bonds is 6. The number of benzene rings is 1. The van der Waals surface area contributed by atoms with Gasteiger partial charge in [-0.3, -0.25) is 4.79 Å². The first-order valence-electron chi connectivity index (χ1n) is 7.26. The number of Topliss-reactive ketones (excluding diaryl/α,β-unsaturated/α-hetero) is 1. The van der Waals surface area contributed by atoms with Crippen molar-refractivity contribution in [2.45, 2.75) is 53.5 Å². The summed E-state index contributed by atoms with van der Waals surface area (Å²) in [4.78, 5) is 12.7. The largest absolute Gasteiger partial charge is 0.307 e. The van der Waals surface area contributed by atoms with Crippen molar-refractivity contribution in [2.24, 2.45) is 5.92 Å². The van der Waals surface area contributed by atoms with Crippen LogP contribution < -0.4 is 5.32 Å². The minimum atomic E-state index is -0.0916. The van der Waals surface area contributed by atoms with Crippen LogP contribution in [0.4, 0.5) is 0 Å². The van der Waals surface area contributed by atoms with Crippen LogP contribution in [-0.4, -0.2) is 18.4 Å². The van der Waals surface area contributed by atoms with Gasteiger partial charge in [0.1, 0.15) is 0 Å². The molecule has 0 bridgehead atoms. The van der Waals surface area contributed by atoms with Gasteiger partial charge in [0, 0.05) is 5.56 Å². The molecule has 1 aromatic rings. The molecule has 0 aromatic heterocycles. The maximum absolute atomic E-state index is 12.7. The minimum Gasteiger partial charge on any atom is -0.307 e. The Balaban J connectivity index is 3.12. The lowest BCUT2D eigenvalue weighted by molar-refractivity contribution is 0.0917. The van der Waals surface area contributed by atoms with Crippen LogP contribution in [-0.2, 0) is 0 Å². The molecule has 0 saturated carbocycles. The van der Waals surface area contributed by atoms with E-state index in [1.807, 2.05) is 13.8 Å². The summed E-state index contributed by atoms with van der Waals surface area (Å²) in [5.41, 5.74) is 3.16. The van der Waals surface area contributed by atoms with Crippen molar-refractivity contribution in [3.05, 3.63) is 34.9 Å². The lowest BCUT2D eigenvalue weighted by atomic mass is 9.90. The molecular weight excluding hydrogens is 234 g/mol. The van der Waals surface area contributed by atoms with Crippen molar-refractivity contribution in [2.75, 3.05) is 6.54 Å². The number of carbonyl (C=O) groups excluding carboxylic acids is 1. The number of hydrogen-bond donors (Lipinski definition) is 1. The van der Waals surface area contributed by atoms with Gasteiger partial charge in [-0.25, -0.2) is 0 Å². The SMILES string of the molecule is CCNC(C(=O)c1cc(C(C)C)ccc1C)C(C)C. The molecule has 0 radical (unpaired) electrons. The van der Waals surface area contributed by atoms with Gasteiger partial charge in [-0.15, -0.1) is 0 Å². The second-order valence-corrected chi connectivity index (χ2v) is 5.87. The zero-order chi connectivity index (χ0) is 14.6. The zero-order valence-electron chi connectivity index (χ0n) is 13.1. The van der Waals surface area contributed by atoms with E-state index < -0.39 is 0 Å².